The maximum Gasteiger partial charge on any atom is 0.511 e. The highest BCUT2D eigenvalue weighted by molar-refractivity contribution is 6.35. The largest absolute Gasteiger partial charge is 1.00 e. The van der Waals surface area contributed by atoms with Gasteiger partial charge in [-0.25, -0.2) is 28.3 Å². The van der Waals surface area contributed by atoms with Crippen LogP contribution in [0.2, 0.25) is 20.1 Å². The number of anilines is 2. The molecular weight excluding hydrogens is 1890 g/mol. The molecule has 4 aromatic carbocycles. The molecule has 6 aromatic rings. The van der Waals surface area contributed by atoms with Gasteiger partial charge < -0.3 is 158 Å². The number of aliphatic hydroxyl groups is 2. The van der Waals surface area contributed by atoms with Crippen molar-refractivity contribution < 1.29 is 177 Å². The van der Waals surface area contributed by atoms with E-state index < -0.39 is 72.0 Å². The van der Waals surface area contributed by atoms with Crippen LogP contribution in [0.3, 0.4) is 0 Å². The molecule has 4 fully saturated rings. The predicted molar refractivity (Wildman–Crippen MR) is 416 cm³/mol. The summed E-state index contributed by atoms with van der Waals surface area (Å²) < 4.78 is 100. The fourth-order valence-electron chi connectivity index (χ4n) is 11.8. The summed E-state index contributed by atoms with van der Waals surface area (Å²) in [5, 5.41) is 17.8. The molecule has 2 aromatic heterocycles. The molecule has 4 unspecified atom stereocenters. The van der Waals surface area contributed by atoms with Crippen LogP contribution in [-0.4, -0.2) is 247 Å². The number of aliphatic hydroxyl groups excluding tert-OH is 2. The Morgan fingerprint density at radius 3 is 1.12 bits per heavy atom. The average molecular weight is 1990 g/mol. The third-order valence-corrected chi connectivity index (χ3v) is 18.8. The van der Waals surface area contributed by atoms with Gasteiger partial charge in [-0.05, 0) is 86.6 Å². The molecule has 0 spiro atoms. The molecule has 648 valence electrons. The number of carbonyl (C=O) groups is 6. The molecule has 0 saturated carbocycles. The number of alkyl halides is 2. The molecule has 117 heavy (non-hydrogen) atoms. The number of halogens is 8. The summed E-state index contributed by atoms with van der Waals surface area (Å²) in [4.78, 5) is 78.9. The number of hydrogen-bond donors (Lipinski definition) is 2. The summed E-state index contributed by atoms with van der Waals surface area (Å²) in [5.41, 5.74) is 1.76. The first kappa shape index (κ1) is 99.2. The maximum atomic E-state index is 12.7. The third-order valence-electron chi connectivity index (χ3n) is 17.5. The normalized spacial score (nSPS) is 18.6. The van der Waals surface area contributed by atoms with Gasteiger partial charge in [-0.3, -0.25) is 9.59 Å². The van der Waals surface area contributed by atoms with Gasteiger partial charge in [0.1, 0.15) is 101 Å². The molecule has 4 saturated heterocycles. The van der Waals surface area contributed by atoms with Crippen molar-refractivity contribution in [2.75, 3.05) is 168 Å². The van der Waals surface area contributed by atoms with E-state index in [1.54, 1.807) is 111 Å². The number of hydrogen-bond acceptors (Lipinski definition) is 27. The Morgan fingerprint density at radius 1 is 0.470 bits per heavy atom. The first-order valence-electron chi connectivity index (χ1n) is 36.9. The number of piperazine rings is 2. The number of ether oxygens (including phenoxy) is 17. The van der Waals surface area contributed by atoms with Gasteiger partial charge in [0, 0.05) is 113 Å². The van der Waals surface area contributed by atoms with E-state index in [9.17, 15) is 28.8 Å². The lowest BCUT2D eigenvalue weighted by atomic mass is 10.1. The lowest BCUT2D eigenvalue weighted by Gasteiger charge is -2.35. The summed E-state index contributed by atoms with van der Waals surface area (Å²) in [6.45, 7) is 17.2. The molecule has 0 bridgehead atoms. The van der Waals surface area contributed by atoms with Gasteiger partial charge in [0.2, 0.25) is 48.5 Å². The summed E-state index contributed by atoms with van der Waals surface area (Å²) in [6, 6.07) is 25.9. The Bertz CT molecular complexity index is 3770. The zero-order valence-electron chi connectivity index (χ0n) is 65.3. The standard InChI is InChI=1S/C62H72Cl4N8O15.C10H16Cl2O7.C4H10O3.2HI/c1-43(75)69-21-25-71(26-22-69)49-7-11-51(12-8-49)82-35-53-37-84-61(88-53,55-15-5-47(63)33-57(55)65)39-67-17-19-73(41-67)45(3)86-59(77)80-31-29-79-30-32-81-60(78)87-46(4)74-20-18-68(42-74)40-62(56-16-6-48(64)34-58(56)66)85-38-54(89-62)36-83-52-13-9-50(10-14-52)72-27-23-70(24-28-72)44(2)76;1-7(11)18-9(13)16-5-3-15-4-6-17-10(14)19-8(2)12;5-1-3-7-4-2-6;;/h5-20,33-34,41-42,45-46,53-54H,21-32,35-40H2,1-4H3;7-8H,3-6H2,1-2H3;5-6H,1-4H2;2*1H/q+2;;;;/p-2/t45?,46?,53-,54-,61-,62-;;;;/m1..../s1. The molecule has 41 heteroatoms. The smallest absolute Gasteiger partial charge is 0.511 e. The van der Waals surface area contributed by atoms with Gasteiger partial charge in [-0.2, -0.15) is 9.13 Å². The number of aromatic nitrogens is 4. The lowest BCUT2D eigenvalue weighted by molar-refractivity contribution is -0.720. The van der Waals surface area contributed by atoms with E-state index in [4.69, 9.17) is 137 Å². The van der Waals surface area contributed by atoms with Crippen LogP contribution in [0.25, 0.3) is 0 Å². The first-order valence-corrected chi connectivity index (χ1v) is 39.3. The Morgan fingerprint density at radius 2 is 0.803 bits per heavy atom. The second-order valence-electron chi connectivity index (χ2n) is 26.0. The first-order chi connectivity index (χ1) is 55.2. The molecule has 0 aliphatic carbocycles. The minimum absolute atomic E-state index is 0. The number of imidazole rings is 2. The molecule has 2 amide bonds. The Hall–Kier alpha value is -6.64. The van der Waals surface area contributed by atoms with Gasteiger partial charge in [0.15, 0.2) is 11.1 Å². The highest BCUT2D eigenvalue weighted by atomic mass is 127. The van der Waals surface area contributed by atoms with E-state index in [-0.39, 0.29) is 165 Å². The molecule has 8 atom stereocenters. The van der Waals surface area contributed by atoms with Crippen LogP contribution in [0, 0.1) is 0 Å². The summed E-state index contributed by atoms with van der Waals surface area (Å²) in [7, 11) is 0. The van der Waals surface area contributed by atoms with Crippen LogP contribution in [0.4, 0.5) is 30.6 Å². The Kier molecular flexibility index (Phi) is 43.4. The van der Waals surface area contributed by atoms with Gasteiger partial charge in [-0.1, -0.05) is 81.7 Å². The van der Waals surface area contributed by atoms with E-state index in [1.807, 2.05) is 67.5 Å². The van der Waals surface area contributed by atoms with E-state index in [2.05, 4.69) is 33.5 Å². The van der Waals surface area contributed by atoms with Gasteiger partial charge >= 0.3 is 24.6 Å². The van der Waals surface area contributed by atoms with Crippen molar-refractivity contribution in [2.24, 2.45) is 0 Å². The Balaban J connectivity index is 0.000000652. The summed E-state index contributed by atoms with van der Waals surface area (Å²) >= 11 is 36.9. The zero-order chi connectivity index (χ0) is 82.9. The van der Waals surface area contributed by atoms with Gasteiger partial charge in [0.05, 0.1) is 76.1 Å². The zero-order valence-corrected chi connectivity index (χ0v) is 74.1. The van der Waals surface area contributed by atoms with Gasteiger partial charge in [0.25, 0.3) is 0 Å². The fraction of sp³-hybridized carbons (Fsp3) is 0.526. The highest BCUT2D eigenvalue weighted by Gasteiger charge is 2.49. The number of amides is 2. The topological polar surface area (TPSA) is 330 Å². The van der Waals surface area contributed by atoms with Crippen LogP contribution in [0.5, 0.6) is 11.5 Å². The van der Waals surface area contributed by atoms with E-state index in [1.165, 1.54) is 13.8 Å². The van der Waals surface area contributed by atoms with Crippen molar-refractivity contribution in [1.29, 1.82) is 0 Å². The molecule has 33 nitrogen and oxygen atoms in total. The van der Waals surface area contributed by atoms with E-state index in [0.717, 1.165) is 37.6 Å². The minimum atomic E-state index is -1.32. The number of nitrogens with zero attached hydrogens (tertiary/aromatic N) is 8. The van der Waals surface area contributed by atoms with E-state index in [0.29, 0.717) is 82.1 Å². The quantitative estimate of drug-likeness (QED) is 0.0140. The Labute approximate surface area is 742 Å². The molecule has 2 N–H and O–H groups in total. The van der Waals surface area contributed by atoms with Crippen molar-refractivity contribution in [2.45, 2.75) is 102 Å². The molecular formula is C76H98Cl6I2N8O25. The third kappa shape index (κ3) is 33.0. The molecule has 4 aliphatic heterocycles. The molecule has 10 rings (SSSR count). The van der Waals surface area contributed by atoms with Crippen molar-refractivity contribution in [3.8, 4) is 11.5 Å². The highest BCUT2D eigenvalue weighted by Crippen LogP contribution is 2.42. The maximum absolute atomic E-state index is 12.7. The second kappa shape index (κ2) is 51.2. The van der Waals surface area contributed by atoms with E-state index >= 15 is 0 Å². The monoisotopic (exact) mass is 1990 g/mol. The number of rotatable bonds is 36. The van der Waals surface area contributed by atoms with Crippen molar-refractivity contribution >= 4 is 117 Å². The van der Waals surface area contributed by atoms with Crippen LogP contribution in [-0.2, 0) is 105 Å². The fourth-order valence-corrected chi connectivity index (χ4v) is 13.1. The predicted octanol–water partition coefficient (Wildman–Crippen LogP) is 4.04. The van der Waals surface area contributed by atoms with Crippen molar-refractivity contribution in [3.63, 3.8) is 0 Å². The SMILES string of the molecule is CC(=O)N1CCN(c2ccc(OC[C@@H]3CO[C@@](C[n+]4ccn(C(C)OC(=O)OCCOCCOC(=O)OC(C)n5cc[n+](C[C@@]6(c7ccc(Cl)cc7Cl)OC[C@@H](COc7ccc(N8CCN(C(C)=O)CC8)cc7)O6)c5)c4)(c4ccc(Cl)cc4Cl)O3)cc2)CC1.CC(Cl)OC(=O)OCCOCCOC(=O)OC(C)Cl.OCCOCCO.[I-].[I-]. The van der Waals surface area contributed by atoms with Crippen molar-refractivity contribution in [3.05, 3.63) is 154 Å². The van der Waals surface area contributed by atoms with Crippen LogP contribution in [0.15, 0.2) is 122 Å². The van der Waals surface area contributed by atoms with Crippen LogP contribution >= 0.6 is 69.6 Å². The number of carbonyl (C=O) groups excluding carboxylic acids is 6. The second-order valence-corrected chi connectivity index (χ2v) is 28.9. The van der Waals surface area contributed by atoms with Gasteiger partial charge in [-0.15, -0.1) is 0 Å². The van der Waals surface area contributed by atoms with Crippen LogP contribution < -0.4 is 76.4 Å². The summed E-state index contributed by atoms with van der Waals surface area (Å²) in [6.07, 6.45) is 4.46. The molecule has 0 radical (unpaired) electrons. The lowest BCUT2D eigenvalue weighted by Crippen LogP contribution is -3.00. The number of benzene rings is 4. The molecule has 6 heterocycles. The summed E-state index contributed by atoms with van der Waals surface area (Å²) in [5.74, 6) is -1.12. The minimum Gasteiger partial charge on any atom is -1.00 e. The average Bonchev–Trinajstić information content (AvgIpc) is 1.65. The molecule has 4 aliphatic rings. The van der Waals surface area contributed by atoms with Crippen LogP contribution in [0.1, 0.15) is 65.1 Å². The van der Waals surface area contributed by atoms with Crippen molar-refractivity contribution in [1.82, 2.24) is 18.9 Å².